The molecular formula is C33H33N5O7. The molecule has 1 aliphatic rings. The first-order valence-corrected chi connectivity index (χ1v) is 14.4. The number of hydrogen-bond donors (Lipinski definition) is 3. The van der Waals surface area contributed by atoms with Gasteiger partial charge in [0.05, 0.1) is 26.9 Å². The molecule has 5 aromatic rings. The number of hydrogen-bond acceptors (Lipinski definition) is 9. The summed E-state index contributed by atoms with van der Waals surface area (Å²) in [4.78, 5) is 35.8. The number of rotatable bonds is 10. The lowest BCUT2D eigenvalue weighted by atomic mass is 9.80. The van der Waals surface area contributed by atoms with Crippen molar-refractivity contribution in [2.75, 3.05) is 26.1 Å². The molecule has 0 unspecified atom stereocenters. The summed E-state index contributed by atoms with van der Waals surface area (Å²) >= 11 is 0. The second kappa shape index (κ2) is 12.5. The third-order valence-electron chi connectivity index (χ3n) is 7.93. The van der Waals surface area contributed by atoms with Crippen LogP contribution in [0.1, 0.15) is 36.3 Å². The van der Waals surface area contributed by atoms with Gasteiger partial charge in [0.1, 0.15) is 41.3 Å². The maximum Gasteiger partial charge on any atom is 0.329 e. The standard InChI is InChI=1S/C33H33N5O7/c1-20(39)36-30-29-31(35-19-34-30)38(32(41)37-29)28-17-26(40)27(45-28)18-44-33(21-7-5-4-6-8-21,22-9-13-24(42-2)14-10-22)23-11-15-25(43-3)16-12-23/h4-16,19,26-28,40H,17-18H2,1-3H3,(H,37,41)(H,34,35,36,39)/t26-,27+,28+/m0/s1. The number of amides is 1. The molecule has 12 nitrogen and oxygen atoms in total. The molecule has 6 rings (SSSR count). The number of methoxy groups -OCH3 is 2. The molecule has 2 aromatic heterocycles. The topological polar surface area (TPSA) is 150 Å². The van der Waals surface area contributed by atoms with Crippen molar-refractivity contribution in [2.45, 2.75) is 37.4 Å². The van der Waals surface area contributed by atoms with Gasteiger partial charge in [0.15, 0.2) is 11.5 Å². The first-order chi connectivity index (χ1) is 21.8. The van der Waals surface area contributed by atoms with Crippen LogP contribution in [0, 0.1) is 0 Å². The van der Waals surface area contributed by atoms with Crippen molar-refractivity contribution in [2.24, 2.45) is 0 Å². The molecule has 3 N–H and O–H groups in total. The minimum Gasteiger partial charge on any atom is -0.497 e. The largest absolute Gasteiger partial charge is 0.497 e. The minimum atomic E-state index is -1.11. The Labute approximate surface area is 258 Å². The number of fused-ring (bicyclic) bond motifs is 1. The number of imidazole rings is 1. The molecular weight excluding hydrogens is 578 g/mol. The SMILES string of the molecule is COc1ccc(C(OC[C@H]2O[C@@H](n3c(=O)[nH]c4c(NC(C)=O)ncnc43)C[C@@H]2O)(c2ccccc2)c2ccc(OC)cc2)cc1. The number of aliphatic hydroxyl groups excluding tert-OH is 1. The van der Waals surface area contributed by atoms with Crippen LogP contribution in [0.25, 0.3) is 11.2 Å². The molecule has 0 bridgehead atoms. The predicted molar refractivity (Wildman–Crippen MR) is 165 cm³/mol. The van der Waals surface area contributed by atoms with Gasteiger partial charge in [0.2, 0.25) is 5.91 Å². The predicted octanol–water partition coefficient (Wildman–Crippen LogP) is 3.75. The number of carbonyl (C=O) groups is 1. The fraction of sp³-hybridized carbons (Fsp3) is 0.273. The van der Waals surface area contributed by atoms with Gasteiger partial charge in [-0.3, -0.25) is 4.79 Å². The van der Waals surface area contributed by atoms with Crippen molar-refractivity contribution < 1.29 is 28.8 Å². The van der Waals surface area contributed by atoms with Crippen molar-refractivity contribution in [3.05, 3.63) is 112 Å². The highest BCUT2D eigenvalue weighted by atomic mass is 16.6. The smallest absolute Gasteiger partial charge is 0.329 e. The number of ether oxygens (including phenoxy) is 4. The third kappa shape index (κ3) is 5.66. The van der Waals surface area contributed by atoms with Crippen LogP contribution < -0.4 is 20.5 Å². The second-order valence-electron chi connectivity index (χ2n) is 10.6. The summed E-state index contributed by atoms with van der Waals surface area (Å²) in [6, 6.07) is 25.1. The van der Waals surface area contributed by atoms with Crippen LogP contribution in [-0.4, -0.2) is 63.6 Å². The van der Waals surface area contributed by atoms with Gasteiger partial charge >= 0.3 is 5.69 Å². The summed E-state index contributed by atoms with van der Waals surface area (Å²) in [6.07, 6.45) is -1.22. The molecule has 0 spiro atoms. The molecule has 3 aromatic carbocycles. The molecule has 1 amide bonds. The molecule has 1 fully saturated rings. The van der Waals surface area contributed by atoms with Crippen LogP contribution in [0.15, 0.2) is 90.0 Å². The van der Waals surface area contributed by atoms with E-state index in [0.29, 0.717) is 11.5 Å². The monoisotopic (exact) mass is 611 g/mol. The number of aromatic nitrogens is 4. The van der Waals surface area contributed by atoms with Crippen molar-refractivity contribution in [1.29, 1.82) is 0 Å². The van der Waals surface area contributed by atoms with E-state index in [9.17, 15) is 14.7 Å². The fourth-order valence-corrected chi connectivity index (χ4v) is 5.77. The molecule has 3 heterocycles. The highest BCUT2D eigenvalue weighted by Crippen LogP contribution is 2.43. The van der Waals surface area contributed by atoms with Crippen molar-refractivity contribution in [3.63, 3.8) is 0 Å². The Morgan fingerprint density at radius 2 is 1.58 bits per heavy atom. The van der Waals surface area contributed by atoms with Crippen molar-refractivity contribution >= 4 is 22.9 Å². The summed E-state index contributed by atoms with van der Waals surface area (Å²) in [5.41, 5.74) is 1.41. The quantitative estimate of drug-likeness (QED) is 0.201. The van der Waals surface area contributed by atoms with Crippen LogP contribution >= 0.6 is 0 Å². The summed E-state index contributed by atoms with van der Waals surface area (Å²) < 4.78 is 25.4. The molecule has 0 aliphatic carbocycles. The van der Waals surface area contributed by atoms with E-state index in [-0.39, 0.29) is 35.9 Å². The molecule has 12 heteroatoms. The van der Waals surface area contributed by atoms with Gasteiger partial charge in [-0.25, -0.2) is 19.3 Å². The van der Waals surface area contributed by atoms with Crippen LogP contribution in [0.5, 0.6) is 11.5 Å². The lowest BCUT2D eigenvalue weighted by Gasteiger charge is -2.37. The van der Waals surface area contributed by atoms with E-state index in [1.165, 1.54) is 17.8 Å². The molecule has 45 heavy (non-hydrogen) atoms. The summed E-state index contributed by atoms with van der Waals surface area (Å²) in [6.45, 7) is 1.32. The number of nitrogens with zero attached hydrogens (tertiary/aromatic N) is 3. The first-order valence-electron chi connectivity index (χ1n) is 14.4. The molecule has 0 saturated carbocycles. The molecule has 232 valence electrons. The molecule has 1 aliphatic heterocycles. The van der Waals surface area contributed by atoms with Gasteiger partial charge in [-0.1, -0.05) is 54.6 Å². The van der Waals surface area contributed by atoms with Gasteiger partial charge in [-0.2, -0.15) is 0 Å². The maximum atomic E-state index is 13.1. The second-order valence-corrected chi connectivity index (χ2v) is 10.6. The van der Waals surface area contributed by atoms with Crippen molar-refractivity contribution in [3.8, 4) is 11.5 Å². The molecule has 0 radical (unpaired) electrons. The lowest BCUT2D eigenvalue weighted by molar-refractivity contribution is -0.114. The van der Waals surface area contributed by atoms with Gasteiger partial charge in [0.25, 0.3) is 0 Å². The maximum absolute atomic E-state index is 13.1. The lowest BCUT2D eigenvalue weighted by Crippen LogP contribution is -2.38. The molecule has 3 atom stereocenters. The zero-order chi connectivity index (χ0) is 31.6. The number of H-pyrrole nitrogens is 1. The first kappa shape index (κ1) is 30.0. The van der Waals surface area contributed by atoms with E-state index in [1.807, 2.05) is 78.9 Å². The van der Waals surface area contributed by atoms with Gasteiger partial charge < -0.3 is 34.4 Å². The van der Waals surface area contributed by atoms with Crippen molar-refractivity contribution in [1.82, 2.24) is 19.5 Å². The third-order valence-corrected chi connectivity index (χ3v) is 7.93. The van der Waals surface area contributed by atoms with Crippen LogP contribution in [0.4, 0.5) is 5.82 Å². The van der Waals surface area contributed by atoms with E-state index < -0.39 is 29.7 Å². The van der Waals surface area contributed by atoms with E-state index in [2.05, 4.69) is 20.3 Å². The Balaban J connectivity index is 1.36. The normalized spacial score (nSPS) is 18.2. The zero-order valence-corrected chi connectivity index (χ0v) is 25.0. The Bertz CT molecular complexity index is 1790. The fourth-order valence-electron chi connectivity index (χ4n) is 5.77. The Kier molecular flexibility index (Phi) is 8.35. The minimum absolute atomic E-state index is 0.0200. The Hall–Kier alpha value is -5.04. The van der Waals surface area contributed by atoms with Gasteiger partial charge in [-0.05, 0) is 41.0 Å². The zero-order valence-electron chi connectivity index (χ0n) is 25.0. The number of aliphatic hydroxyl groups is 1. The number of carbonyl (C=O) groups excluding carboxylic acids is 1. The van der Waals surface area contributed by atoms with Gasteiger partial charge in [-0.15, -0.1) is 0 Å². The molecule has 1 saturated heterocycles. The highest BCUT2D eigenvalue weighted by Gasteiger charge is 2.42. The average molecular weight is 612 g/mol. The van der Waals surface area contributed by atoms with E-state index in [4.69, 9.17) is 18.9 Å². The van der Waals surface area contributed by atoms with Crippen LogP contribution in [0.2, 0.25) is 0 Å². The van der Waals surface area contributed by atoms with Gasteiger partial charge in [0, 0.05) is 13.3 Å². The summed E-state index contributed by atoms with van der Waals surface area (Å²) in [5, 5.41) is 13.8. The van der Waals surface area contributed by atoms with Crippen LogP contribution in [0.3, 0.4) is 0 Å². The highest BCUT2D eigenvalue weighted by molar-refractivity contribution is 5.95. The number of anilines is 1. The van der Waals surface area contributed by atoms with E-state index >= 15 is 0 Å². The van der Waals surface area contributed by atoms with E-state index in [0.717, 1.165) is 16.7 Å². The number of aromatic amines is 1. The number of nitrogens with one attached hydrogen (secondary N) is 2. The number of benzene rings is 3. The summed E-state index contributed by atoms with van der Waals surface area (Å²) in [5.74, 6) is 1.22. The average Bonchev–Trinajstić information content (AvgIpc) is 3.60. The Morgan fingerprint density at radius 1 is 0.978 bits per heavy atom. The Morgan fingerprint density at radius 3 is 2.16 bits per heavy atom. The summed E-state index contributed by atoms with van der Waals surface area (Å²) in [7, 11) is 3.22. The van der Waals surface area contributed by atoms with E-state index in [1.54, 1.807) is 14.2 Å². The van der Waals surface area contributed by atoms with Crippen LogP contribution in [-0.2, 0) is 19.9 Å².